The molecule has 42 heavy (non-hydrogen) atoms. The Morgan fingerprint density at radius 3 is 2.43 bits per heavy atom. The molecule has 0 saturated heterocycles. The van der Waals surface area contributed by atoms with Crippen molar-refractivity contribution in [2.45, 2.75) is 85.5 Å². The highest BCUT2D eigenvalue weighted by atomic mass is 32.2. The number of halogens is 4. The lowest BCUT2D eigenvalue weighted by Gasteiger charge is -2.23. The van der Waals surface area contributed by atoms with Crippen molar-refractivity contribution < 1.29 is 35.5 Å². The Hall–Kier alpha value is -3.15. The molecule has 0 aliphatic carbocycles. The molecule has 1 aromatic rings. The number of hydrogen-bond donors (Lipinski definition) is 1. The van der Waals surface area contributed by atoms with Gasteiger partial charge in [-0.15, -0.1) is 0 Å². The van der Waals surface area contributed by atoms with Gasteiger partial charge in [0.2, 0.25) is 15.9 Å². The molecule has 236 valence electrons. The van der Waals surface area contributed by atoms with Crippen LogP contribution in [0, 0.1) is 5.92 Å². The summed E-state index contributed by atoms with van der Waals surface area (Å²) in [4.78, 5) is 17.3. The molecule has 1 unspecified atom stereocenters. The average molecular weight is 618 g/mol. The van der Waals surface area contributed by atoms with Crippen molar-refractivity contribution in [2.75, 3.05) is 12.3 Å². The Morgan fingerprint density at radius 1 is 1.17 bits per heavy atom. The lowest BCUT2D eigenvalue weighted by atomic mass is 9.98. The summed E-state index contributed by atoms with van der Waals surface area (Å²) >= 11 is 0. The van der Waals surface area contributed by atoms with Crippen molar-refractivity contribution in [3.63, 3.8) is 0 Å². The average Bonchev–Trinajstić information content (AvgIpc) is 2.88. The molecule has 0 saturated carbocycles. The maximum atomic E-state index is 13.6. The zero-order valence-corrected chi connectivity index (χ0v) is 25.8. The van der Waals surface area contributed by atoms with Gasteiger partial charge in [0.05, 0.1) is 11.9 Å². The molecule has 1 N–H and O–H groups in total. The number of rotatable bonds is 18. The first kappa shape index (κ1) is 36.9. The van der Waals surface area contributed by atoms with Crippen LogP contribution in [0.4, 0.5) is 17.6 Å². The van der Waals surface area contributed by atoms with E-state index >= 15 is 0 Å². The summed E-state index contributed by atoms with van der Waals surface area (Å²) in [5, 5.41) is 2.66. The first-order chi connectivity index (χ1) is 19.6. The molecule has 1 atom stereocenters. The third-order valence-corrected chi connectivity index (χ3v) is 7.72. The molecule has 0 bridgehead atoms. The van der Waals surface area contributed by atoms with Crippen LogP contribution < -0.4 is 10.1 Å². The number of ether oxygens (including phenoxy) is 1. The van der Waals surface area contributed by atoms with Gasteiger partial charge in [-0.05, 0) is 63.3 Å². The number of allylic oxidation sites excluding steroid dienone is 5. The Kier molecular flexibility index (Phi) is 15.6. The number of amides is 1. The van der Waals surface area contributed by atoms with Crippen molar-refractivity contribution in [1.82, 2.24) is 14.6 Å². The minimum absolute atomic E-state index is 0.0135. The second-order valence-corrected chi connectivity index (χ2v) is 11.9. The van der Waals surface area contributed by atoms with E-state index in [0.29, 0.717) is 42.8 Å². The SMILES string of the molecule is C=C(C(=O)NCc1cc(CC=CCC(CC)CC(F)(F)F)nc(OC(C)C)c1)N(CC)S(=O)(=O)CC=CC(F)=CCC. The fraction of sp³-hybridized carbons (Fsp3) is 0.533. The highest BCUT2D eigenvalue weighted by Gasteiger charge is 2.30. The normalized spacial score (nSPS) is 13.6. The van der Waals surface area contributed by atoms with Crippen molar-refractivity contribution in [2.24, 2.45) is 5.92 Å². The Labute approximate surface area is 247 Å². The Bertz CT molecular complexity index is 1230. The molecule has 7 nitrogen and oxygen atoms in total. The molecule has 0 aromatic carbocycles. The molecule has 12 heteroatoms. The number of nitrogens with one attached hydrogen (secondary N) is 1. The van der Waals surface area contributed by atoms with Crippen molar-refractivity contribution in [1.29, 1.82) is 0 Å². The number of hydrogen-bond acceptors (Lipinski definition) is 5. The fourth-order valence-corrected chi connectivity index (χ4v) is 5.26. The predicted molar refractivity (Wildman–Crippen MR) is 158 cm³/mol. The van der Waals surface area contributed by atoms with Crippen LogP contribution in [0.3, 0.4) is 0 Å². The third-order valence-electron chi connectivity index (χ3n) is 5.95. The van der Waals surface area contributed by atoms with Crippen molar-refractivity contribution >= 4 is 15.9 Å². The lowest BCUT2D eigenvalue weighted by Crippen LogP contribution is -2.38. The molecule has 1 rings (SSSR count). The summed E-state index contributed by atoms with van der Waals surface area (Å²) in [6.07, 6.45) is 3.32. The molecule has 1 heterocycles. The van der Waals surface area contributed by atoms with Gasteiger partial charge in [0.25, 0.3) is 5.91 Å². The van der Waals surface area contributed by atoms with Crippen LogP contribution >= 0.6 is 0 Å². The van der Waals surface area contributed by atoms with E-state index < -0.39 is 46.0 Å². The summed E-state index contributed by atoms with van der Waals surface area (Å²) in [6.45, 7) is 12.3. The third kappa shape index (κ3) is 14.2. The highest BCUT2D eigenvalue weighted by molar-refractivity contribution is 7.89. The number of carbonyl (C=O) groups excluding carboxylic acids is 1. The minimum Gasteiger partial charge on any atom is -0.475 e. The van der Waals surface area contributed by atoms with E-state index in [2.05, 4.69) is 16.9 Å². The van der Waals surface area contributed by atoms with Gasteiger partial charge < -0.3 is 10.1 Å². The quantitative estimate of drug-likeness (QED) is 0.0835. The van der Waals surface area contributed by atoms with Crippen LogP contribution in [0.5, 0.6) is 5.88 Å². The van der Waals surface area contributed by atoms with Gasteiger partial charge in [0, 0.05) is 37.7 Å². The molecule has 0 radical (unpaired) electrons. The summed E-state index contributed by atoms with van der Waals surface area (Å²) < 4.78 is 83.9. The number of alkyl halides is 3. The molecule has 1 aromatic heterocycles. The van der Waals surface area contributed by atoms with Gasteiger partial charge in [0.1, 0.15) is 11.5 Å². The zero-order chi connectivity index (χ0) is 31.9. The van der Waals surface area contributed by atoms with Gasteiger partial charge >= 0.3 is 6.18 Å². The van der Waals surface area contributed by atoms with E-state index in [1.54, 1.807) is 45.1 Å². The summed E-state index contributed by atoms with van der Waals surface area (Å²) in [6, 6.07) is 3.37. The van der Waals surface area contributed by atoms with Gasteiger partial charge in [-0.1, -0.05) is 45.1 Å². The second-order valence-electron chi connectivity index (χ2n) is 9.95. The number of likely N-dealkylation sites (N-methyl/N-ethyl adjacent to an activating group) is 1. The van der Waals surface area contributed by atoms with E-state index in [4.69, 9.17) is 4.74 Å². The number of nitrogens with zero attached hydrogens (tertiary/aromatic N) is 2. The molecule has 1 amide bonds. The van der Waals surface area contributed by atoms with Gasteiger partial charge in [-0.25, -0.2) is 17.8 Å². The molecule has 0 aliphatic heterocycles. The zero-order valence-electron chi connectivity index (χ0n) is 25.0. The first-order valence-electron chi connectivity index (χ1n) is 14.0. The summed E-state index contributed by atoms with van der Waals surface area (Å²) in [5.74, 6) is -1.94. The molecule has 0 aliphatic rings. The van der Waals surface area contributed by atoms with Crippen LogP contribution in [0.25, 0.3) is 0 Å². The number of pyridine rings is 1. The van der Waals surface area contributed by atoms with E-state index in [0.717, 1.165) is 10.4 Å². The monoisotopic (exact) mass is 617 g/mol. The summed E-state index contributed by atoms with van der Waals surface area (Å²) in [7, 11) is -3.98. The Morgan fingerprint density at radius 2 is 1.86 bits per heavy atom. The fourth-order valence-electron chi connectivity index (χ4n) is 3.93. The molecule has 0 spiro atoms. The Balaban J connectivity index is 2.96. The van der Waals surface area contributed by atoms with Gasteiger partial charge in [0.15, 0.2) is 0 Å². The van der Waals surface area contributed by atoms with Crippen LogP contribution in [-0.2, 0) is 27.8 Å². The van der Waals surface area contributed by atoms with Crippen LogP contribution in [-0.4, -0.2) is 48.2 Å². The van der Waals surface area contributed by atoms with Crippen molar-refractivity contribution in [3.05, 3.63) is 71.9 Å². The van der Waals surface area contributed by atoms with Gasteiger partial charge in [-0.3, -0.25) is 9.10 Å². The maximum absolute atomic E-state index is 13.6. The molecular weight excluding hydrogens is 574 g/mol. The lowest BCUT2D eigenvalue weighted by molar-refractivity contribution is -0.144. The first-order valence-corrected chi connectivity index (χ1v) is 15.6. The minimum atomic E-state index is -4.20. The number of aromatic nitrogens is 1. The summed E-state index contributed by atoms with van der Waals surface area (Å²) in [5.41, 5.74) is 0.932. The standard InChI is InChI=1S/C30H43F4N3O4S/c1-7-13-26(31)15-12-17-42(39,40)37(9-3)23(6)29(38)35-21-25-18-27(36-28(19-25)41-22(4)5)16-11-10-14-24(8-2)20-30(32,33)34/h10-13,15,18-19,22,24H,6-9,14,16-17,20-21H2,1-5H3,(H,35,38). The van der Waals surface area contributed by atoms with E-state index in [9.17, 15) is 30.8 Å². The molecule has 0 fully saturated rings. The highest BCUT2D eigenvalue weighted by Crippen LogP contribution is 2.28. The number of carbonyl (C=O) groups is 1. The van der Waals surface area contributed by atoms with Crippen LogP contribution in [0.2, 0.25) is 0 Å². The topological polar surface area (TPSA) is 88.6 Å². The van der Waals surface area contributed by atoms with Gasteiger partial charge in [-0.2, -0.15) is 13.2 Å². The van der Waals surface area contributed by atoms with Crippen LogP contribution in [0.15, 0.2) is 60.6 Å². The van der Waals surface area contributed by atoms with E-state index in [1.165, 1.54) is 12.2 Å². The number of sulfonamides is 1. The van der Waals surface area contributed by atoms with Crippen LogP contribution in [0.1, 0.15) is 71.6 Å². The predicted octanol–water partition coefficient (Wildman–Crippen LogP) is 6.94. The second kappa shape index (κ2) is 17.7. The largest absolute Gasteiger partial charge is 0.475 e. The van der Waals surface area contributed by atoms with E-state index in [-0.39, 0.29) is 24.9 Å². The van der Waals surface area contributed by atoms with E-state index in [1.807, 2.05) is 13.8 Å². The smallest absolute Gasteiger partial charge is 0.389 e. The molecular formula is C30H43F4N3O4S. The van der Waals surface area contributed by atoms with Crippen molar-refractivity contribution in [3.8, 4) is 5.88 Å². The maximum Gasteiger partial charge on any atom is 0.389 e.